The molecule has 13 heavy (non-hydrogen) atoms. The molecule has 1 saturated carbocycles. The normalized spacial score (nSPS) is 34.2. The molecule has 0 radical (unpaired) electrons. The van der Waals surface area contributed by atoms with Gasteiger partial charge in [-0.15, -0.1) is 0 Å². The van der Waals surface area contributed by atoms with Gasteiger partial charge in [0.2, 0.25) is 0 Å². The van der Waals surface area contributed by atoms with Crippen molar-refractivity contribution in [2.45, 2.75) is 37.8 Å². The largest absolute Gasteiger partial charge is 0.376 e. The van der Waals surface area contributed by atoms with Gasteiger partial charge in [0.25, 0.3) is 0 Å². The Morgan fingerprint density at radius 3 is 2.85 bits per heavy atom. The molecule has 0 spiro atoms. The molecule has 1 aliphatic carbocycles. The summed E-state index contributed by atoms with van der Waals surface area (Å²) in [6, 6.07) is 0. The number of nitrogens with zero attached hydrogens (tertiary/aromatic N) is 1. The highest BCUT2D eigenvalue weighted by Crippen LogP contribution is 2.30. The van der Waals surface area contributed by atoms with Crippen molar-refractivity contribution in [3.05, 3.63) is 0 Å². The van der Waals surface area contributed by atoms with Gasteiger partial charge < -0.3 is 10.5 Å². The van der Waals surface area contributed by atoms with Crippen LogP contribution in [-0.2, 0) is 4.74 Å². The molecule has 2 aliphatic rings. The minimum absolute atomic E-state index is 0.136. The third-order valence-electron chi connectivity index (χ3n) is 3.21. The number of ether oxygens (including phenoxy) is 1. The van der Waals surface area contributed by atoms with Crippen LogP contribution in [0.1, 0.15) is 26.2 Å². The fraction of sp³-hybridized carbons (Fsp3) is 1.00. The molecule has 0 amide bonds. The summed E-state index contributed by atoms with van der Waals surface area (Å²) in [6.45, 7) is 6.19. The maximum atomic E-state index is 6.20. The van der Waals surface area contributed by atoms with Crippen molar-refractivity contribution in [1.29, 1.82) is 0 Å². The van der Waals surface area contributed by atoms with E-state index >= 15 is 0 Å². The first-order valence-electron chi connectivity index (χ1n) is 5.31. The van der Waals surface area contributed by atoms with Crippen molar-refractivity contribution in [1.82, 2.24) is 4.90 Å². The highest BCUT2D eigenvalue weighted by Gasteiger charge is 2.35. The predicted octanol–water partition coefficient (Wildman–Crippen LogP) is 0.588. The van der Waals surface area contributed by atoms with E-state index in [4.69, 9.17) is 10.5 Å². The number of nitrogens with two attached hydrogens (primary N) is 1. The van der Waals surface area contributed by atoms with Gasteiger partial charge in [-0.25, -0.2) is 0 Å². The van der Waals surface area contributed by atoms with Crippen LogP contribution in [0.3, 0.4) is 0 Å². The first-order chi connectivity index (χ1) is 6.18. The summed E-state index contributed by atoms with van der Waals surface area (Å²) in [5, 5.41) is 0. The van der Waals surface area contributed by atoms with Crippen LogP contribution in [0.15, 0.2) is 0 Å². The van der Waals surface area contributed by atoms with E-state index in [1.54, 1.807) is 0 Å². The van der Waals surface area contributed by atoms with Crippen molar-refractivity contribution >= 4 is 0 Å². The molecule has 1 unspecified atom stereocenters. The molecule has 3 heteroatoms. The molecule has 2 fully saturated rings. The highest BCUT2D eigenvalue weighted by atomic mass is 16.5. The van der Waals surface area contributed by atoms with Crippen LogP contribution in [-0.4, -0.2) is 42.8 Å². The smallest absolute Gasteiger partial charge is 0.0674 e. The van der Waals surface area contributed by atoms with E-state index in [9.17, 15) is 0 Å². The maximum absolute atomic E-state index is 6.20. The molecule has 0 aromatic heterocycles. The van der Waals surface area contributed by atoms with Crippen molar-refractivity contribution in [2.24, 2.45) is 5.73 Å². The van der Waals surface area contributed by atoms with Gasteiger partial charge in [0.1, 0.15) is 0 Å². The molecular formula is C10H20N2O. The van der Waals surface area contributed by atoms with Crippen LogP contribution in [0.25, 0.3) is 0 Å². The van der Waals surface area contributed by atoms with Crippen molar-refractivity contribution in [3.8, 4) is 0 Å². The Morgan fingerprint density at radius 1 is 1.54 bits per heavy atom. The fourth-order valence-electron chi connectivity index (χ4n) is 2.27. The Kier molecular flexibility index (Phi) is 2.58. The van der Waals surface area contributed by atoms with Gasteiger partial charge in [-0.1, -0.05) is 0 Å². The van der Waals surface area contributed by atoms with E-state index in [2.05, 4.69) is 11.8 Å². The highest BCUT2D eigenvalue weighted by molar-refractivity contribution is 4.95. The first kappa shape index (κ1) is 9.44. The zero-order valence-corrected chi connectivity index (χ0v) is 8.46. The third-order valence-corrected chi connectivity index (χ3v) is 3.21. The molecule has 0 aromatic carbocycles. The lowest BCUT2D eigenvalue weighted by Gasteiger charge is -2.43. The molecule has 1 aliphatic heterocycles. The van der Waals surface area contributed by atoms with Gasteiger partial charge in [0.15, 0.2) is 0 Å². The minimum atomic E-state index is 0.136. The molecule has 3 nitrogen and oxygen atoms in total. The summed E-state index contributed by atoms with van der Waals surface area (Å²) >= 11 is 0. The summed E-state index contributed by atoms with van der Waals surface area (Å²) in [5.74, 6) is 0. The standard InChI is InChI=1S/C10H20N2O/c1-9-7-12(5-6-13-9)8-10(11)3-2-4-10/h9H,2-8,11H2,1H3. The Bertz CT molecular complexity index is 180. The van der Waals surface area contributed by atoms with Crippen LogP contribution in [0, 0.1) is 0 Å². The van der Waals surface area contributed by atoms with E-state index in [1.807, 2.05) is 0 Å². The monoisotopic (exact) mass is 184 g/mol. The Hall–Kier alpha value is -0.120. The second kappa shape index (κ2) is 3.56. The van der Waals surface area contributed by atoms with Gasteiger partial charge >= 0.3 is 0 Å². The number of hydrogen-bond donors (Lipinski definition) is 1. The second-order valence-electron chi connectivity index (χ2n) is 4.63. The van der Waals surface area contributed by atoms with Crippen LogP contribution < -0.4 is 5.73 Å². The molecular weight excluding hydrogens is 164 g/mol. The minimum Gasteiger partial charge on any atom is -0.376 e. The predicted molar refractivity (Wildman–Crippen MR) is 52.6 cm³/mol. The van der Waals surface area contributed by atoms with E-state index in [1.165, 1.54) is 19.3 Å². The Morgan fingerprint density at radius 2 is 2.31 bits per heavy atom. The average molecular weight is 184 g/mol. The van der Waals surface area contributed by atoms with E-state index in [0.717, 1.165) is 26.2 Å². The molecule has 1 heterocycles. The first-order valence-corrected chi connectivity index (χ1v) is 5.31. The summed E-state index contributed by atoms with van der Waals surface area (Å²) < 4.78 is 5.49. The number of morpholine rings is 1. The summed E-state index contributed by atoms with van der Waals surface area (Å²) in [5.41, 5.74) is 6.33. The molecule has 76 valence electrons. The molecule has 2 N–H and O–H groups in total. The molecule has 2 rings (SSSR count). The van der Waals surface area contributed by atoms with Crippen LogP contribution >= 0.6 is 0 Å². The lowest BCUT2D eigenvalue weighted by atomic mass is 9.77. The number of hydrogen-bond acceptors (Lipinski definition) is 3. The van der Waals surface area contributed by atoms with Crippen LogP contribution in [0.2, 0.25) is 0 Å². The average Bonchev–Trinajstić information content (AvgIpc) is 2.01. The Balaban J connectivity index is 1.80. The van der Waals surface area contributed by atoms with Crippen molar-refractivity contribution < 1.29 is 4.74 Å². The van der Waals surface area contributed by atoms with Crippen molar-refractivity contribution in [2.75, 3.05) is 26.2 Å². The molecule has 1 atom stereocenters. The van der Waals surface area contributed by atoms with Gasteiger partial charge in [0.05, 0.1) is 12.7 Å². The fourth-order valence-corrected chi connectivity index (χ4v) is 2.27. The van der Waals surface area contributed by atoms with Gasteiger partial charge in [-0.05, 0) is 26.2 Å². The zero-order chi connectivity index (χ0) is 9.31. The second-order valence-corrected chi connectivity index (χ2v) is 4.63. The zero-order valence-electron chi connectivity index (χ0n) is 8.46. The van der Waals surface area contributed by atoms with Gasteiger partial charge in [-0.2, -0.15) is 0 Å². The number of rotatable bonds is 2. The van der Waals surface area contributed by atoms with E-state index in [-0.39, 0.29) is 5.54 Å². The van der Waals surface area contributed by atoms with Gasteiger partial charge in [-0.3, -0.25) is 4.90 Å². The SMILES string of the molecule is CC1CN(CC2(N)CCC2)CCO1. The van der Waals surface area contributed by atoms with E-state index in [0.29, 0.717) is 6.10 Å². The summed E-state index contributed by atoms with van der Waals surface area (Å²) in [7, 11) is 0. The lowest BCUT2D eigenvalue weighted by molar-refractivity contribution is -0.0301. The maximum Gasteiger partial charge on any atom is 0.0674 e. The summed E-state index contributed by atoms with van der Waals surface area (Å²) in [4.78, 5) is 2.45. The molecule has 1 saturated heterocycles. The third kappa shape index (κ3) is 2.22. The van der Waals surface area contributed by atoms with Gasteiger partial charge in [0, 0.05) is 25.2 Å². The van der Waals surface area contributed by atoms with Crippen LogP contribution in [0.4, 0.5) is 0 Å². The molecule has 0 bridgehead atoms. The lowest BCUT2D eigenvalue weighted by Crippen LogP contribution is -2.57. The van der Waals surface area contributed by atoms with Crippen LogP contribution in [0.5, 0.6) is 0 Å². The molecule has 0 aromatic rings. The van der Waals surface area contributed by atoms with E-state index < -0.39 is 0 Å². The Labute approximate surface area is 80.2 Å². The van der Waals surface area contributed by atoms with Crippen molar-refractivity contribution in [3.63, 3.8) is 0 Å². The quantitative estimate of drug-likeness (QED) is 0.682. The topological polar surface area (TPSA) is 38.5 Å². The summed E-state index contributed by atoms with van der Waals surface area (Å²) in [6.07, 6.45) is 4.12.